The third kappa shape index (κ3) is 2.96. The van der Waals surface area contributed by atoms with Gasteiger partial charge in [0.15, 0.2) is 0 Å². The molecule has 16 heavy (non-hydrogen) atoms. The Hall–Kier alpha value is -0.590. The van der Waals surface area contributed by atoms with Gasteiger partial charge in [0.2, 0.25) is 0 Å². The molecule has 7 heteroatoms. The fourth-order valence-corrected chi connectivity index (χ4v) is 3.75. The van der Waals surface area contributed by atoms with Crippen molar-refractivity contribution in [2.24, 2.45) is 0 Å². The summed E-state index contributed by atoms with van der Waals surface area (Å²) >= 11 is 0.958. The van der Waals surface area contributed by atoms with Crippen molar-refractivity contribution in [3.8, 4) is 0 Å². The minimum Gasteiger partial charge on any atom is -0.350 e. The number of hydrogen-bond donors (Lipinski definition) is 1. The summed E-state index contributed by atoms with van der Waals surface area (Å²) in [4.78, 5) is 11.7. The lowest BCUT2D eigenvalue weighted by molar-refractivity contribution is 0.0943. The van der Waals surface area contributed by atoms with E-state index in [1.807, 2.05) is 13.8 Å². The van der Waals surface area contributed by atoms with Gasteiger partial charge in [-0.25, -0.2) is 8.42 Å². The van der Waals surface area contributed by atoms with Crippen LogP contribution in [0.5, 0.6) is 0 Å². The molecule has 0 bridgehead atoms. The van der Waals surface area contributed by atoms with Gasteiger partial charge >= 0.3 is 0 Å². The molecule has 0 spiro atoms. The molecule has 0 aromatic carbocycles. The van der Waals surface area contributed by atoms with E-state index in [0.29, 0.717) is 11.1 Å². The van der Waals surface area contributed by atoms with E-state index in [-0.39, 0.29) is 16.2 Å². The first-order valence-electron chi connectivity index (χ1n) is 4.57. The van der Waals surface area contributed by atoms with Gasteiger partial charge < -0.3 is 5.32 Å². The first kappa shape index (κ1) is 13.5. The van der Waals surface area contributed by atoms with Gasteiger partial charge in [-0.05, 0) is 26.3 Å². The molecule has 0 aliphatic carbocycles. The molecule has 0 saturated carbocycles. The zero-order valence-electron chi connectivity index (χ0n) is 9.07. The van der Waals surface area contributed by atoms with Crippen molar-refractivity contribution in [1.29, 1.82) is 0 Å². The van der Waals surface area contributed by atoms with E-state index >= 15 is 0 Å². The third-order valence-corrected chi connectivity index (χ3v) is 5.19. The van der Waals surface area contributed by atoms with Crippen molar-refractivity contribution in [2.45, 2.75) is 31.0 Å². The summed E-state index contributed by atoms with van der Waals surface area (Å²) in [6.45, 7) is 5.23. The second kappa shape index (κ2) is 4.73. The highest BCUT2D eigenvalue weighted by molar-refractivity contribution is 8.15. The van der Waals surface area contributed by atoms with Crippen LogP contribution in [0, 0.1) is 6.92 Å². The smallest absolute Gasteiger partial charge is 0.271 e. The molecular weight excluding hydrogens is 270 g/mol. The fourth-order valence-electron chi connectivity index (χ4n) is 1.20. The maximum absolute atomic E-state index is 11.7. The molecule has 0 atom stereocenters. The molecule has 0 saturated heterocycles. The summed E-state index contributed by atoms with van der Waals surface area (Å²) in [5.74, 6) is -0.282. The summed E-state index contributed by atoms with van der Waals surface area (Å²) in [6, 6.07) is 0.00265. The molecule has 1 amide bonds. The minimum atomic E-state index is -3.76. The van der Waals surface area contributed by atoms with Gasteiger partial charge in [-0.1, -0.05) is 0 Å². The van der Waals surface area contributed by atoms with Crippen molar-refractivity contribution in [3.05, 3.63) is 16.5 Å². The monoisotopic (exact) mass is 281 g/mol. The van der Waals surface area contributed by atoms with Crippen molar-refractivity contribution in [1.82, 2.24) is 5.32 Å². The van der Waals surface area contributed by atoms with Gasteiger partial charge in [0.05, 0.1) is 5.56 Å². The van der Waals surface area contributed by atoms with Crippen molar-refractivity contribution in [3.63, 3.8) is 0 Å². The van der Waals surface area contributed by atoms with Gasteiger partial charge in [0, 0.05) is 22.1 Å². The standard InChI is InChI=1S/C9H12ClNO3S2/c1-5(2)11-8(12)7-4-15-9(6(7)3)16(10,13)14/h4-5H,1-3H3,(H,11,12). The average Bonchev–Trinajstić information content (AvgIpc) is 2.44. The van der Waals surface area contributed by atoms with E-state index in [4.69, 9.17) is 10.7 Å². The first-order valence-corrected chi connectivity index (χ1v) is 7.76. The number of hydrogen-bond acceptors (Lipinski definition) is 4. The van der Waals surface area contributed by atoms with Crippen LogP contribution in [-0.4, -0.2) is 20.4 Å². The highest BCUT2D eigenvalue weighted by atomic mass is 35.7. The molecule has 1 rings (SSSR count). The second-order valence-corrected chi connectivity index (χ2v) is 7.27. The zero-order valence-corrected chi connectivity index (χ0v) is 11.5. The summed E-state index contributed by atoms with van der Waals surface area (Å²) in [7, 11) is 1.47. The van der Waals surface area contributed by atoms with E-state index in [1.165, 1.54) is 5.38 Å². The molecule has 1 aromatic rings. The van der Waals surface area contributed by atoms with Crippen molar-refractivity contribution < 1.29 is 13.2 Å². The van der Waals surface area contributed by atoms with Crippen LogP contribution >= 0.6 is 22.0 Å². The molecule has 0 radical (unpaired) electrons. The third-order valence-electron chi connectivity index (χ3n) is 1.88. The SMILES string of the molecule is Cc1c(C(=O)NC(C)C)csc1S(=O)(=O)Cl. The topological polar surface area (TPSA) is 63.2 Å². The number of nitrogens with one attached hydrogen (secondary N) is 1. The maximum Gasteiger partial charge on any atom is 0.271 e. The Morgan fingerprint density at radius 1 is 1.50 bits per heavy atom. The van der Waals surface area contributed by atoms with E-state index in [0.717, 1.165) is 11.3 Å². The van der Waals surface area contributed by atoms with E-state index in [2.05, 4.69) is 5.32 Å². The second-order valence-electron chi connectivity index (χ2n) is 3.63. The highest BCUT2D eigenvalue weighted by Crippen LogP contribution is 2.29. The van der Waals surface area contributed by atoms with Crippen LogP contribution < -0.4 is 5.32 Å². The maximum atomic E-state index is 11.7. The molecule has 0 aliphatic rings. The minimum absolute atomic E-state index is 0.00265. The van der Waals surface area contributed by atoms with Crippen LogP contribution in [0.25, 0.3) is 0 Å². The number of halogens is 1. The van der Waals surface area contributed by atoms with E-state index in [9.17, 15) is 13.2 Å². The van der Waals surface area contributed by atoms with Crippen LogP contribution in [0.1, 0.15) is 29.8 Å². The molecule has 4 nitrogen and oxygen atoms in total. The highest BCUT2D eigenvalue weighted by Gasteiger charge is 2.22. The first-order chi connectivity index (χ1) is 7.23. The van der Waals surface area contributed by atoms with Gasteiger partial charge in [-0.3, -0.25) is 4.79 Å². The zero-order chi connectivity index (χ0) is 12.5. The lowest BCUT2D eigenvalue weighted by atomic mass is 10.2. The van der Waals surface area contributed by atoms with Gasteiger partial charge in [-0.15, -0.1) is 11.3 Å². The summed E-state index contributed by atoms with van der Waals surface area (Å²) in [5.41, 5.74) is 0.760. The Morgan fingerprint density at radius 2 is 2.06 bits per heavy atom. The molecule has 90 valence electrons. The lowest BCUT2D eigenvalue weighted by Gasteiger charge is -2.07. The van der Waals surface area contributed by atoms with Crippen molar-refractivity contribution in [2.75, 3.05) is 0 Å². The molecule has 1 N–H and O–H groups in total. The Morgan fingerprint density at radius 3 is 2.44 bits per heavy atom. The lowest BCUT2D eigenvalue weighted by Crippen LogP contribution is -2.30. The molecule has 0 aliphatic heterocycles. The number of rotatable bonds is 3. The Bertz CT molecular complexity index is 505. The Kier molecular flexibility index (Phi) is 3.98. The molecule has 1 aromatic heterocycles. The average molecular weight is 282 g/mol. The molecule has 0 unspecified atom stereocenters. The van der Waals surface area contributed by atoms with Crippen LogP contribution in [0.2, 0.25) is 0 Å². The number of amides is 1. The summed E-state index contributed by atoms with van der Waals surface area (Å²) in [5, 5.41) is 4.20. The molecular formula is C9H12ClNO3S2. The number of carbonyl (C=O) groups is 1. The number of thiophene rings is 1. The van der Waals surface area contributed by atoms with E-state index < -0.39 is 9.05 Å². The predicted molar refractivity (Wildman–Crippen MR) is 64.7 cm³/mol. The predicted octanol–water partition coefficient (Wildman–Crippen LogP) is 2.12. The Balaban J connectivity index is 3.11. The van der Waals surface area contributed by atoms with Crippen molar-refractivity contribution >= 4 is 37.0 Å². The van der Waals surface area contributed by atoms with Crippen LogP contribution in [0.4, 0.5) is 0 Å². The quantitative estimate of drug-likeness (QED) is 0.863. The largest absolute Gasteiger partial charge is 0.350 e. The van der Waals surface area contributed by atoms with Gasteiger partial charge in [0.1, 0.15) is 4.21 Å². The van der Waals surface area contributed by atoms with E-state index in [1.54, 1.807) is 6.92 Å². The summed E-state index contributed by atoms with van der Waals surface area (Å²) in [6.07, 6.45) is 0. The number of carbonyl (C=O) groups excluding carboxylic acids is 1. The molecule has 0 fully saturated rings. The van der Waals surface area contributed by atoms with Crippen LogP contribution in [0.15, 0.2) is 9.59 Å². The van der Waals surface area contributed by atoms with Gasteiger partial charge in [0.25, 0.3) is 15.0 Å². The normalized spacial score (nSPS) is 11.8. The van der Waals surface area contributed by atoms with Crippen LogP contribution in [0.3, 0.4) is 0 Å². The van der Waals surface area contributed by atoms with Crippen LogP contribution in [-0.2, 0) is 9.05 Å². The summed E-state index contributed by atoms with van der Waals surface area (Å²) < 4.78 is 22.3. The fraction of sp³-hybridized carbons (Fsp3) is 0.444. The Labute approximate surface area is 103 Å². The molecule has 1 heterocycles. The van der Waals surface area contributed by atoms with Gasteiger partial charge in [-0.2, -0.15) is 0 Å².